The standard InChI is InChI=1S/C13H21NO3/c1-14(12(15)10-2-3-10)11-4-6-13(7-5-11)16-8-9-17-13/h10-11H,2-9H2,1H3. The van der Waals surface area contributed by atoms with Crippen LogP contribution in [0.3, 0.4) is 0 Å². The molecule has 2 saturated carbocycles. The normalized spacial score (nSPS) is 28.5. The molecule has 4 heteroatoms. The summed E-state index contributed by atoms with van der Waals surface area (Å²) in [6.45, 7) is 1.45. The zero-order valence-electron chi connectivity index (χ0n) is 10.5. The van der Waals surface area contributed by atoms with E-state index in [9.17, 15) is 4.79 Å². The first kappa shape index (κ1) is 11.5. The topological polar surface area (TPSA) is 38.8 Å². The molecule has 0 aromatic rings. The van der Waals surface area contributed by atoms with E-state index in [0.717, 1.165) is 51.7 Å². The molecule has 17 heavy (non-hydrogen) atoms. The van der Waals surface area contributed by atoms with Crippen molar-refractivity contribution in [3.63, 3.8) is 0 Å². The molecule has 3 rings (SSSR count). The van der Waals surface area contributed by atoms with Gasteiger partial charge in [0.15, 0.2) is 5.79 Å². The van der Waals surface area contributed by atoms with Crippen molar-refractivity contribution in [2.75, 3.05) is 20.3 Å². The molecule has 0 unspecified atom stereocenters. The van der Waals surface area contributed by atoms with Gasteiger partial charge in [0.05, 0.1) is 13.2 Å². The van der Waals surface area contributed by atoms with Crippen molar-refractivity contribution >= 4 is 5.91 Å². The molecule has 3 aliphatic rings. The van der Waals surface area contributed by atoms with Crippen LogP contribution >= 0.6 is 0 Å². The second-order valence-electron chi connectivity index (χ2n) is 5.56. The van der Waals surface area contributed by atoms with E-state index in [-0.39, 0.29) is 5.79 Å². The Morgan fingerprint density at radius 2 is 1.71 bits per heavy atom. The summed E-state index contributed by atoms with van der Waals surface area (Å²) in [4.78, 5) is 14.0. The molecule has 1 heterocycles. The van der Waals surface area contributed by atoms with Crippen molar-refractivity contribution in [3.05, 3.63) is 0 Å². The Bertz CT molecular complexity index is 298. The number of carbonyl (C=O) groups excluding carboxylic acids is 1. The van der Waals surface area contributed by atoms with Crippen LogP contribution in [0.25, 0.3) is 0 Å². The van der Waals surface area contributed by atoms with Crippen LogP contribution in [0.5, 0.6) is 0 Å². The Balaban J connectivity index is 1.55. The lowest BCUT2D eigenvalue weighted by molar-refractivity contribution is -0.184. The van der Waals surface area contributed by atoms with Gasteiger partial charge in [0.1, 0.15) is 0 Å². The van der Waals surface area contributed by atoms with Gasteiger partial charge in [-0.2, -0.15) is 0 Å². The van der Waals surface area contributed by atoms with Gasteiger partial charge in [-0.15, -0.1) is 0 Å². The smallest absolute Gasteiger partial charge is 0.225 e. The zero-order chi connectivity index (χ0) is 11.9. The maximum Gasteiger partial charge on any atom is 0.225 e. The van der Waals surface area contributed by atoms with Crippen LogP contribution in [0.4, 0.5) is 0 Å². The molecule has 2 aliphatic carbocycles. The average Bonchev–Trinajstić information content (AvgIpc) is 3.11. The van der Waals surface area contributed by atoms with Gasteiger partial charge in [0, 0.05) is 31.8 Å². The van der Waals surface area contributed by atoms with Crippen LogP contribution in [0.15, 0.2) is 0 Å². The highest BCUT2D eigenvalue weighted by atomic mass is 16.7. The molecule has 1 amide bonds. The number of ether oxygens (including phenoxy) is 2. The third-order valence-electron chi connectivity index (χ3n) is 4.35. The Hall–Kier alpha value is -0.610. The lowest BCUT2D eigenvalue weighted by Crippen LogP contribution is -2.45. The SMILES string of the molecule is CN(C(=O)C1CC1)C1CCC2(CC1)OCCO2. The molecule has 3 fully saturated rings. The van der Waals surface area contributed by atoms with E-state index >= 15 is 0 Å². The number of carbonyl (C=O) groups is 1. The van der Waals surface area contributed by atoms with Crippen LogP contribution in [0.1, 0.15) is 38.5 Å². The molecule has 1 aliphatic heterocycles. The zero-order valence-corrected chi connectivity index (χ0v) is 10.5. The van der Waals surface area contributed by atoms with Gasteiger partial charge in [-0.1, -0.05) is 0 Å². The fourth-order valence-electron chi connectivity index (χ4n) is 3.01. The minimum absolute atomic E-state index is 0.306. The maximum atomic E-state index is 12.0. The van der Waals surface area contributed by atoms with E-state index in [0.29, 0.717) is 17.9 Å². The summed E-state index contributed by atoms with van der Waals surface area (Å²) in [5.74, 6) is 0.369. The molecule has 1 spiro atoms. The molecule has 4 nitrogen and oxygen atoms in total. The van der Waals surface area contributed by atoms with E-state index in [1.807, 2.05) is 11.9 Å². The first-order valence-electron chi connectivity index (χ1n) is 6.75. The lowest BCUT2D eigenvalue weighted by atomic mass is 9.89. The van der Waals surface area contributed by atoms with Gasteiger partial charge in [0.25, 0.3) is 0 Å². The quantitative estimate of drug-likeness (QED) is 0.733. The molecular formula is C13H21NO3. The predicted molar refractivity (Wildman–Crippen MR) is 62.4 cm³/mol. The number of rotatable bonds is 2. The third-order valence-corrected chi connectivity index (χ3v) is 4.35. The molecule has 0 N–H and O–H groups in total. The third kappa shape index (κ3) is 2.20. The van der Waals surface area contributed by atoms with Gasteiger partial charge >= 0.3 is 0 Å². The van der Waals surface area contributed by atoms with E-state index < -0.39 is 0 Å². The summed E-state index contributed by atoms with van der Waals surface area (Å²) in [6, 6.07) is 0.390. The second kappa shape index (κ2) is 4.25. The Morgan fingerprint density at radius 3 is 2.24 bits per heavy atom. The average molecular weight is 239 g/mol. The first-order chi connectivity index (χ1) is 8.20. The molecule has 0 radical (unpaired) electrons. The fourth-order valence-corrected chi connectivity index (χ4v) is 3.01. The minimum Gasteiger partial charge on any atom is -0.348 e. The van der Waals surface area contributed by atoms with E-state index in [2.05, 4.69) is 0 Å². The Labute approximate surface area is 102 Å². The van der Waals surface area contributed by atoms with Crippen LogP contribution in [-0.4, -0.2) is 42.9 Å². The highest BCUT2D eigenvalue weighted by Gasteiger charge is 2.43. The van der Waals surface area contributed by atoms with Crippen LogP contribution in [0, 0.1) is 5.92 Å². The van der Waals surface area contributed by atoms with Gasteiger partial charge < -0.3 is 14.4 Å². The summed E-state index contributed by atoms with van der Waals surface area (Å²) in [5, 5.41) is 0. The molecular weight excluding hydrogens is 218 g/mol. The fraction of sp³-hybridized carbons (Fsp3) is 0.923. The summed E-state index contributed by atoms with van der Waals surface area (Å²) in [7, 11) is 1.96. The molecule has 96 valence electrons. The summed E-state index contributed by atoms with van der Waals surface area (Å²) >= 11 is 0. The molecule has 1 saturated heterocycles. The predicted octanol–water partition coefficient (Wildman–Crippen LogP) is 1.54. The van der Waals surface area contributed by atoms with E-state index in [4.69, 9.17) is 9.47 Å². The second-order valence-corrected chi connectivity index (χ2v) is 5.56. The molecule has 0 aromatic carbocycles. The lowest BCUT2D eigenvalue weighted by Gasteiger charge is -2.39. The van der Waals surface area contributed by atoms with Crippen molar-refractivity contribution < 1.29 is 14.3 Å². The summed E-state index contributed by atoms with van der Waals surface area (Å²) in [5.41, 5.74) is 0. The highest BCUT2D eigenvalue weighted by molar-refractivity contribution is 5.81. The molecule has 0 bridgehead atoms. The first-order valence-corrected chi connectivity index (χ1v) is 6.75. The number of nitrogens with zero attached hydrogens (tertiary/aromatic N) is 1. The van der Waals surface area contributed by atoms with Crippen molar-refractivity contribution in [3.8, 4) is 0 Å². The number of hydrogen-bond acceptors (Lipinski definition) is 3. The van der Waals surface area contributed by atoms with Crippen molar-refractivity contribution in [2.24, 2.45) is 5.92 Å². The summed E-state index contributed by atoms with van der Waals surface area (Å²) in [6.07, 6.45) is 6.06. The van der Waals surface area contributed by atoms with Crippen LogP contribution in [-0.2, 0) is 14.3 Å². The number of hydrogen-bond donors (Lipinski definition) is 0. The summed E-state index contributed by atoms with van der Waals surface area (Å²) < 4.78 is 11.4. The van der Waals surface area contributed by atoms with Crippen LogP contribution in [0.2, 0.25) is 0 Å². The van der Waals surface area contributed by atoms with E-state index in [1.165, 1.54) is 0 Å². The van der Waals surface area contributed by atoms with Crippen molar-refractivity contribution in [1.82, 2.24) is 4.90 Å². The van der Waals surface area contributed by atoms with E-state index in [1.54, 1.807) is 0 Å². The van der Waals surface area contributed by atoms with Crippen molar-refractivity contribution in [1.29, 1.82) is 0 Å². The minimum atomic E-state index is -0.306. The maximum absolute atomic E-state index is 12.0. The van der Waals surface area contributed by atoms with Crippen LogP contribution < -0.4 is 0 Å². The van der Waals surface area contributed by atoms with Gasteiger partial charge in [0.2, 0.25) is 5.91 Å². The Kier molecular flexibility index (Phi) is 2.87. The number of amides is 1. The highest BCUT2D eigenvalue weighted by Crippen LogP contribution is 2.38. The van der Waals surface area contributed by atoms with Gasteiger partial charge in [-0.3, -0.25) is 4.79 Å². The van der Waals surface area contributed by atoms with Crippen molar-refractivity contribution in [2.45, 2.75) is 50.4 Å². The monoisotopic (exact) mass is 239 g/mol. The Morgan fingerprint density at radius 1 is 1.12 bits per heavy atom. The van der Waals surface area contributed by atoms with Gasteiger partial charge in [-0.05, 0) is 25.7 Å². The largest absolute Gasteiger partial charge is 0.348 e. The molecule has 0 atom stereocenters. The molecule has 0 aromatic heterocycles. The van der Waals surface area contributed by atoms with Gasteiger partial charge in [-0.25, -0.2) is 0 Å².